The monoisotopic (exact) mass is 406 g/mol. The second-order valence-electron chi connectivity index (χ2n) is 6.32. The highest BCUT2D eigenvalue weighted by Crippen LogP contribution is 2.23. The summed E-state index contributed by atoms with van der Waals surface area (Å²) in [6.07, 6.45) is 1.71. The van der Waals surface area contributed by atoms with Crippen LogP contribution in [-0.4, -0.2) is 47.4 Å². The highest BCUT2D eigenvalue weighted by molar-refractivity contribution is 7.92. The molecular weight excluding hydrogens is 380 g/mol. The van der Waals surface area contributed by atoms with Gasteiger partial charge in [-0.2, -0.15) is 0 Å². The van der Waals surface area contributed by atoms with E-state index in [9.17, 15) is 13.2 Å². The number of benzene rings is 2. The van der Waals surface area contributed by atoms with Crippen molar-refractivity contribution in [2.75, 3.05) is 31.3 Å². The lowest BCUT2D eigenvalue weighted by molar-refractivity contribution is -0.121. The first kappa shape index (κ1) is 21.6. The Morgan fingerprint density at radius 1 is 1.00 bits per heavy atom. The van der Waals surface area contributed by atoms with Gasteiger partial charge in [-0.3, -0.25) is 9.10 Å². The van der Waals surface area contributed by atoms with Crippen LogP contribution in [0, 0.1) is 0 Å². The zero-order valence-corrected chi connectivity index (χ0v) is 17.3. The van der Waals surface area contributed by atoms with Crippen LogP contribution in [0.2, 0.25) is 0 Å². The van der Waals surface area contributed by atoms with Crippen molar-refractivity contribution in [3.8, 4) is 11.5 Å². The number of anilines is 1. The fourth-order valence-electron chi connectivity index (χ4n) is 2.81. The van der Waals surface area contributed by atoms with Gasteiger partial charge in [0.1, 0.15) is 17.5 Å². The molecule has 0 radical (unpaired) electrons. The van der Waals surface area contributed by atoms with Crippen LogP contribution in [0.3, 0.4) is 0 Å². The first-order valence-electron chi connectivity index (χ1n) is 8.80. The van der Waals surface area contributed by atoms with Crippen molar-refractivity contribution in [2.24, 2.45) is 0 Å². The van der Waals surface area contributed by atoms with Crippen LogP contribution in [0.4, 0.5) is 5.69 Å². The zero-order chi connectivity index (χ0) is 20.7. The minimum absolute atomic E-state index is 0.366. The molecule has 0 aliphatic heterocycles. The predicted octanol–water partition coefficient (Wildman–Crippen LogP) is 2.22. The number of sulfonamides is 1. The number of nitrogens with zero attached hydrogens (tertiary/aromatic N) is 1. The molecule has 0 saturated carbocycles. The maximum Gasteiger partial charge on any atom is 0.243 e. The van der Waals surface area contributed by atoms with Gasteiger partial charge in [-0.05, 0) is 55.3 Å². The van der Waals surface area contributed by atoms with Gasteiger partial charge in [0, 0.05) is 6.54 Å². The van der Waals surface area contributed by atoms with Crippen molar-refractivity contribution < 1.29 is 22.7 Å². The quantitative estimate of drug-likeness (QED) is 0.690. The Bertz CT molecular complexity index is 880. The number of amides is 1. The number of carbonyl (C=O) groups excluding carboxylic acids is 1. The van der Waals surface area contributed by atoms with Crippen molar-refractivity contribution >= 4 is 21.6 Å². The summed E-state index contributed by atoms with van der Waals surface area (Å²) in [6, 6.07) is 13.2. The summed E-state index contributed by atoms with van der Waals surface area (Å²) in [7, 11) is -0.515. The molecule has 1 amide bonds. The van der Waals surface area contributed by atoms with E-state index in [1.54, 1.807) is 38.3 Å². The molecule has 0 bridgehead atoms. The minimum atomic E-state index is -3.65. The molecule has 0 unspecified atom stereocenters. The van der Waals surface area contributed by atoms with Crippen molar-refractivity contribution in [1.29, 1.82) is 0 Å². The number of rotatable bonds is 9. The summed E-state index contributed by atoms with van der Waals surface area (Å²) < 4.78 is 35.9. The molecule has 0 fully saturated rings. The average Bonchev–Trinajstić information content (AvgIpc) is 2.68. The maximum absolute atomic E-state index is 12.6. The number of hydrogen-bond donors (Lipinski definition) is 1. The normalized spacial score (nSPS) is 12.1. The molecule has 0 aromatic heterocycles. The molecule has 152 valence electrons. The molecule has 0 saturated heterocycles. The second-order valence-corrected chi connectivity index (χ2v) is 8.18. The van der Waals surface area contributed by atoms with Crippen LogP contribution >= 0.6 is 0 Å². The van der Waals surface area contributed by atoms with Crippen LogP contribution in [-0.2, 0) is 21.2 Å². The molecule has 1 atom stereocenters. The van der Waals surface area contributed by atoms with Crippen molar-refractivity contribution in [1.82, 2.24) is 5.32 Å². The Kier molecular flexibility index (Phi) is 7.28. The third kappa shape index (κ3) is 5.63. The van der Waals surface area contributed by atoms with Gasteiger partial charge in [0.25, 0.3) is 0 Å². The second kappa shape index (κ2) is 9.45. The lowest BCUT2D eigenvalue weighted by atomic mass is 10.1. The third-order valence-corrected chi connectivity index (χ3v) is 5.53. The van der Waals surface area contributed by atoms with Crippen LogP contribution in [0.1, 0.15) is 12.5 Å². The highest BCUT2D eigenvalue weighted by Gasteiger charge is 2.28. The van der Waals surface area contributed by atoms with Crippen LogP contribution in [0.5, 0.6) is 11.5 Å². The molecule has 2 aromatic rings. The Hall–Kier alpha value is -2.74. The first-order chi connectivity index (χ1) is 13.3. The van der Waals surface area contributed by atoms with E-state index in [0.717, 1.165) is 21.9 Å². The topological polar surface area (TPSA) is 84.9 Å². The lowest BCUT2D eigenvalue weighted by Gasteiger charge is -2.28. The van der Waals surface area contributed by atoms with E-state index in [0.29, 0.717) is 24.4 Å². The summed E-state index contributed by atoms with van der Waals surface area (Å²) in [5.74, 6) is 1.01. The SMILES string of the molecule is COc1ccc(CCNC(=O)[C@H](C)N(c2ccc(OC)cc2)S(C)(=O)=O)cc1. The van der Waals surface area contributed by atoms with Gasteiger partial charge in [-0.1, -0.05) is 12.1 Å². The smallest absolute Gasteiger partial charge is 0.243 e. The lowest BCUT2D eigenvalue weighted by Crippen LogP contribution is -2.48. The van der Waals surface area contributed by atoms with Crippen LogP contribution in [0.15, 0.2) is 48.5 Å². The molecule has 2 rings (SSSR count). The summed E-state index contributed by atoms with van der Waals surface area (Å²) in [5, 5.41) is 2.80. The molecule has 0 aliphatic rings. The van der Waals surface area contributed by atoms with Crippen molar-refractivity contribution in [3.63, 3.8) is 0 Å². The average molecular weight is 407 g/mol. The summed E-state index contributed by atoms with van der Waals surface area (Å²) in [6.45, 7) is 1.96. The molecule has 28 heavy (non-hydrogen) atoms. The highest BCUT2D eigenvalue weighted by atomic mass is 32.2. The zero-order valence-electron chi connectivity index (χ0n) is 16.5. The van der Waals surface area contributed by atoms with Crippen molar-refractivity contribution in [2.45, 2.75) is 19.4 Å². The van der Waals surface area contributed by atoms with Crippen LogP contribution < -0.4 is 19.1 Å². The number of nitrogens with one attached hydrogen (secondary N) is 1. The summed E-state index contributed by atoms with van der Waals surface area (Å²) >= 11 is 0. The molecule has 8 heteroatoms. The van der Waals surface area contributed by atoms with E-state index in [4.69, 9.17) is 9.47 Å². The number of methoxy groups -OCH3 is 2. The van der Waals surface area contributed by atoms with E-state index in [-0.39, 0.29) is 5.91 Å². The fraction of sp³-hybridized carbons (Fsp3) is 0.350. The first-order valence-corrected chi connectivity index (χ1v) is 10.6. The van der Waals surface area contributed by atoms with E-state index >= 15 is 0 Å². The van der Waals surface area contributed by atoms with E-state index in [1.807, 2.05) is 24.3 Å². The minimum Gasteiger partial charge on any atom is -0.497 e. The molecular formula is C20H26N2O5S. The Balaban J connectivity index is 2.04. The molecule has 0 heterocycles. The number of carbonyl (C=O) groups is 1. The standard InChI is InChI=1S/C20H26N2O5S/c1-15(20(23)21-14-13-16-5-9-18(26-2)10-6-16)22(28(4,24)25)17-7-11-19(27-3)12-8-17/h5-12,15H,13-14H2,1-4H3,(H,21,23)/t15-/m0/s1. The predicted molar refractivity (Wildman–Crippen MR) is 109 cm³/mol. The van der Waals surface area contributed by atoms with Gasteiger partial charge in [0.15, 0.2) is 0 Å². The molecule has 0 spiro atoms. The van der Waals surface area contributed by atoms with Crippen LogP contribution in [0.25, 0.3) is 0 Å². The Morgan fingerprint density at radius 3 is 1.96 bits per heavy atom. The van der Waals surface area contributed by atoms with Gasteiger partial charge in [0.05, 0.1) is 26.2 Å². The van der Waals surface area contributed by atoms with Gasteiger partial charge < -0.3 is 14.8 Å². The molecule has 7 nitrogen and oxygen atoms in total. The number of ether oxygens (including phenoxy) is 2. The van der Waals surface area contributed by atoms with E-state index < -0.39 is 16.1 Å². The molecule has 2 aromatic carbocycles. The van der Waals surface area contributed by atoms with E-state index in [2.05, 4.69) is 5.32 Å². The largest absolute Gasteiger partial charge is 0.497 e. The molecule has 0 aliphatic carbocycles. The maximum atomic E-state index is 12.6. The number of hydrogen-bond acceptors (Lipinski definition) is 5. The fourth-order valence-corrected chi connectivity index (χ4v) is 3.98. The van der Waals surface area contributed by atoms with Gasteiger partial charge in [-0.25, -0.2) is 8.42 Å². The summed E-state index contributed by atoms with van der Waals surface area (Å²) in [4.78, 5) is 12.6. The van der Waals surface area contributed by atoms with Gasteiger partial charge >= 0.3 is 0 Å². The van der Waals surface area contributed by atoms with Gasteiger partial charge in [0.2, 0.25) is 15.9 Å². The Labute approximate surface area is 166 Å². The van der Waals surface area contributed by atoms with Gasteiger partial charge in [-0.15, -0.1) is 0 Å². The molecule has 1 N–H and O–H groups in total. The summed E-state index contributed by atoms with van der Waals surface area (Å²) in [5.41, 5.74) is 1.45. The Morgan fingerprint density at radius 2 is 1.50 bits per heavy atom. The van der Waals surface area contributed by atoms with Crippen molar-refractivity contribution in [3.05, 3.63) is 54.1 Å². The van der Waals surface area contributed by atoms with E-state index in [1.165, 1.54) is 7.11 Å². The third-order valence-electron chi connectivity index (χ3n) is 4.29.